The van der Waals surface area contributed by atoms with Crippen LogP contribution in [0, 0.1) is 0 Å². The van der Waals surface area contributed by atoms with Crippen LogP contribution in [-0.2, 0) is 27.4 Å². The number of carbonyl (C=O) groups is 2. The molecule has 3 heterocycles. The van der Waals surface area contributed by atoms with Crippen LogP contribution < -0.4 is 9.47 Å². The smallest absolute Gasteiger partial charge is 0.343 e. The first-order valence-electron chi connectivity index (χ1n) is 12.4. The van der Waals surface area contributed by atoms with Crippen molar-refractivity contribution >= 4 is 23.1 Å². The highest BCUT2D eigenvalue weighted by atomic mass is 16.6. The minimum Gasteiger partial charge on any atom is -0.482 e. The summed E-state index contributed by atoms with van der Waals surface area (Å²) in [6.45, 7) is 2.55. The SMILES string of the molecule is CCOC(=O)c1cnn(-c2nc(OCc3ccccc3)c3c(ncn3Cc3ccc(OCC(=O)OC)cc3)n2)c1. The van der Waals surface area contributed by atoms with Crippen LogP contribution in [0.1, 0.15) is 28.4 Å². The van der Waals surface area contributed by atoms with Crippen molar-refractivity contribution < 1.29 is 28.5 Å². The van der Waals surface area contributed by atoms with E-state index in [4.69, 9.17) is 14.2 Å². The zero-order valence-corrected chi connectivity index (χ0v) is 21.9. The molecule has 0 bridgehead atoms. The van der Waals surface area contributed by atoms with Gasteiger partial charge in [0.05, 0.1) is 31.8 Å². The molecular weight excluding hydrogens is 516 g/mol. The second kappa shape index (κ2) is 12.1. The minimum atomic E-state index is -0.485. The summed E-state index contributed by atoms with van der Waals surface area (Å²) in [5.74, 6) is 0.118. The molecule has 12 nitrogen and oxygen atoms in total. The van der Waals surface area contributed by atoms with E-state index in [0.717, 1.165) is 11.1 Å². The Bertz CT molecular complexity index is 1610. The third kappa shape index (κ3) is 6.07. The average molecular weight is 543 g/mol. The predicted octanol–water partition coefficient (Wildman–Crippen LogP) is 3.37. The fourth-order valence-electron chi connectivity index (χ4n) is 3.83. The molecule has 0 N–H and O–H groups in total. The third-order valence-electron chi connectivity index (χ3n) is 5.81. The van der Waals surface area contributed by atoms with Gasteiger partial charge < -0.3 is 23.5 Å². The lowest BCUT2D eigenvalue weighted by molar-refractivity contribution is -0.142. The second-order valence-electron chi connectivity index (χ2n) is 8.55. The molecule has 0 aliphatic carbocycles. The van der Waals surface area contributed by atoms with Crippen molar-refractivity contribution in [2.45, 2.75) is 20.1 Å². The number of ether oxygens (including phenoxy) is 4. The van der Waals surface area contributed by atoms with Gasteiger partial charge in [0, 0.05) is 12.7 Å². The molecular formula is C28H26N6O6. The molecule has 12 heteroatoms. The van der Waals surface area contributed by atoms with Crippen molar-refractivity contribution in [1.29, 1.82) is 0 Å². The van der Waals surface area contributed by atoms with Gasteiger partial charge in [-0.25, -0.2) is 19.3 Å². The van der Waals surface area contributed by atoms with Gasteiger partial charge in [-0.3, -0.25) is 0 Å². The highest BCUT2D eigenvalue weighted by Crippen LogP contribution is 2.25. The maximum Gasteiger partial charge on any atom is 0.343 e. The van der Waals surface area contributed by atoms with Gasteiger partial charge in [-0.15, -0.1) is 0 Å². The van der Waals surface area contributed by atoms with E-state index in [2.05, 4.69) is 24.8 Å². The fraction of sp³-hybridized carbons (Fsp3) is 0.214. The Balaban J connectivity index is 1.44. The number of benzene rings is 2. The quantitative estimate of drug-likeness (QED) is 0.229. The first-order valence-corrected chi connectivity index (χ1v) is 12.4. The third-order valence-corrected chi connectivity index (χ3v) is 5.81. The Morgan fingerprint density at radius 3 is 2.50 bits per heavy atom. The molecule has 204 valence electrons. The molecule has 0 amide bonds. The molecule has 40 heavy (non-hydrogen) atoms. The molecule has 2 aromatic carbocycles. The van der Waals surface area contributed by atoms with E-state index in [0.29, 0.717) is 29.3 Å². The number of esters is 2. The van der Waals surface area contributed by atoms with Gasteiger partial charge >= 0.3 is 11.9 Å². The van der Waals surface area contributed by atoms with Crippen LogP contribution in [0.3, 0.4) is 0 Å². The lowest BCUT2D eigenvalue weighted by atomic mass is 10.2. The van der Waals surface area contributed by atoms with E-state index in [-0.39, 0.29) is 31.3 Å². The molecule has 0 spiro atoms. The largest absolute Gasteiger partial charge is 0.482 e. The number of fused-ring (bicyclic) bond motifs is 1. The molecule has 0 aliphatic heterocycles. The van der Waals surface area contributed by atoms with Crippen molar-refractivity contribution in [1.82, 2.24) is 29.3 Å². The van der Waals surface area contributed by atoms with E-state index in [1.807, 2.05) is 47.0 Å². The molecule has 0 saturated heterocycles. The number of carbonyl (C=O) groups excluding carboxylic acids is 2. The van der Waals surface area contributed by atoms with Gasteiger partial charge in [-0.05, 0) is 30.2 Å². The Kier molecular flexibility index (Phi) is 7.95. The van der Waals surface area contributed by atoms with Gasteiger partial charge in [0.15, 0.2) is 17.8 Å². The Hall–Kier alpha value is -5.26. The van der Waals surface area contributed by atoms with Crippen LogP contribution in [-0.4, -0.2) is 61.6 Å². The van der Waals surface area contributed by atoms with Gasteiger partial charge in [0.2, 0.25) is 5.88 Å². The summed E-state index contributed by atoms with van der Waals surface area (Å²) in [6, 6.07) is 17.0. The fourth-order valence-corrected chi connectivity index (χ4v) is 3.83. The molecule has 0 unspecified atom stereocenters. The van der Waals surface area contributed by atoms with Gasteiger partial charge in [-0.1, -0.05) is 42.5 Å². The number of rotatable bonds is 11. The molecule has 0 saturated carbocycles. The first-order chi connectivity index (χ1) is 19.5. The van der Waals surface area contributed by atoms with Crippen molar-refractivity contribution in [2.75, 3.05) is 20.3 Å². The van der Waals surface area contributed by atoms with Crippen molar-refractivity contribution in [2.24, 2.45) is 0 Å². The number of hydrogen-bond acceptors (Lipinski definition) is 10. The number of hydrogen-bond donors (Lipinski definition) is 0. The monoisotopic (exact) mass is 542 g/mol. The zero-order valence-electron chi connectivity index (χ0n) is 21.9. The molecule has 0 radical (unpaired) electrons. The van der Waals surface area contributed by atoms with E-state index in [1.165, 1.54) is 24.2 Å². The van der Waals surface area contributed by atoms with Crippen molar-refractivity contribution in [3.8, 4) is 17.6 Å². The van der Waals surface area contributed by atoms with E-state index in [9.17, 15) is 9.59 Å². The second-order valence-corrected chi connectivity index (χ2v) is 8.55. The lowest BCUT2D eigenvalue weighted by Gasteiger charge is -2.11. The van der Waals surface area contributed by atoms with Crippen LogP contribution in [0.4, 0.5) is 0 Å². The first kappa shape index (κ1) is 26.4. The van der Waals surface area contributed by atoms with Crippen LogP contribution in [0.15, 0.2) is 73.3 Å². The van der Waals surface area contributed by atoms with Gasteiger partial charge in [-0.2, -0.15) is 15.1 Å². The normalized spacial score (nSPS) is 10.8. The van der Waals surface area contributed by atoms with Crippen molar-refractivity contribution in [3.63, 3.8) is 0 Å². The molecule has 3 aromatic heterocycles. The van der Waals surface area contributed by atoms with Crippen molar-refractivity contribution in [3.05, 3.63) is 90.0 Å². The standard InChI is InChI=1S/C28H26N6O6/c1-3-38-27(36)21-13-30-34(15-21)28-31-25-24(26(32-28)40-16-20-7-5-4-6-8-20)33(18-29-25)14-19-9-11-22(12-10-19)39-17-23(35)37-2/h4-13,15,18H,3,14,16-17H2,1-2H3. The molecule has 5 rings (SSSR count). The highest BCUT2D eigenvalue weighted by molar-refractivity contribution is 5.88. The summed E-state index contributed by atoms with van der Waals surface area (Å²) in [5, 5.41) is 4.23. The van der Waals surface area contributed by atoms with Gasteiger partial charge in [0.1, 0.15) is 12.4 Å². The molecule has 0 fully saturated rings. The summed E-state index contributed by atoms with van der Waals surface area (Å²) in [4.78, 5) is 37.1. The zero-order chi connectivity index (χ0) is 27.9. The Labute approximate surface area is 229 Å². The molecule has 0 atom stereocenters. The number of imidazole rings is 1. The summed E-state index contributed by atoms with van der Waals surface area (Å²) in [7, 11) is 1.31. The summed E-state index contributed by atoms with van der Waals surface area (Å²) < 4.78 is 24.5. The molecule has 0 aliphatic rings. The Morgan fingerprint density at radius 2 is 1.75 bits per heavy atom. The maximum absolute atomic E-state index is 12.1. The average Bonchev–Trinajstić information content (AvgIpc) is 3.64. The number of nitrogens with zero attached hydrogens (tertiary/aromatic N) is 6. The predicted molar refractivity (Wildman–Crippen MR) is 142 cm³/mol. The topological polar surface area (TPSA) is 132 Å². The van der Waals surface area contributed by atoms with Crippen LogP contribution in [0.5, 0.6) is 11.6 Å². The van der Waals surface area contributed by atoms with Gasteiger partial charge in [0.25, 0.3) is 5.95 Å². The van der Waals surface area contributed by atoms with E-state index >= 15 is 0 Å². The van der Waals surface area contributed by atoms with E-state index in [1.54, 1.807) is 25.4 Å². The Morgan fingerprint density at radius 1 is 0.950 bits per heavy atom. The summed E-state index contributed by atoms with van der Waals surface area (Å²) in [5.41, 5.74) is 3.20. The van der Waals surface area contributed by atoms with Crippen LogP contribution >= 0.6 is 0 Å². The number of methoxy groups -OCH3 is 1. The maximum atomic E-state index is 12.1. The lowest BCUT2D eigenvalue weighted by Crippen LogP contribution is -2.12. The highest BCUT2D eigenvalue weighted by Gasteiger charge is 2.19. The number of aromatic nitrogens is 6. The van der Waals surface area contributed by atoms with Crippen LogP contribution in [0.2, 0.25) is 0 Å². The van der Waals surface area contributed by atoms with Crippen LogP contribution in [0.25, 0.3) is 17.1 Å². The molecule has 5 aromatic rings. The minimum absolute atomic E-state index is 0.165. The van der Waals surface area contributed by atoms with E-state index < -0.39 is 11.9 Å². The summed E-state index contributed by atoms with van der Waals surface area (Å²) in [6.07, 6.45) is 4.56. The summed E-state index contributed by atoms with van der Waals surface area (Å²) >= 11 is 0.